The molecule has 0 spiro atoms. The average molecular weight is 455 g/mol. The summed E-state index contributed by atoms with van der Waals surface area (Å²) < 4.78 is 5.52. The first-order valence-corrected chi connectivity index (χ1v) is 10.8. The molecule has 0 aliphatic carbocycles. The molecule has 1 unspecified atom stereocenters. The molecule has 8 heteroatoms. The fourth-order valence-corrected chi connectivity index (χ4v) is 4.13. The van der Waals surface area contributed by atoms with E-state index >= 15 is 0 Å². The first-order valence-electron chi connectivity index (χ1n) is 10.8. The van der Waals surface area contributed by atoms with Crippen molar-refractivity contribution in [2.45, 2.75) is 13.0 Å². The van der Waals surface area contributed by atoms with Crippen molar-refractivity contribution in [3.63, 3.8) is 0 Å². The van der Waals surface area contributed by atoms with Crippen LogP contribution in [-0.2, 0) is 9.59 Å². The van der Waals surface area contributed by atoms with Crippen LogP contribution in [0.4, 0.5) is 5.95 Å². The number of rotatable bonds is 5. The lowest BCUT2D eigenvalue weighted by atomic mass is 9.95. The summed E-state index contributed by atoms with van der Waals surface area (Å²) >= 11 is 0. The number of phenolic OH excluding ortho intramolecular Hbond substituents is 1. The number of ether oxygens (including phenoxy) is 1. The highest BCUT2D eigenvalue weighted by molar-refractivity contribution is 6.51. The number of benzene rings is 3. The van der Waals surface area contributed by atoms with Gasteiger partial charge >= 0.3 is 5.91 Å². The van der Waals surface area contributed by atoms with Crippen molar-refractivity contribution in [2.24, 2.45) is 0 Å². The van der Waals surface area contributed by atoms with Crippen LogP contribution in [0, 0.1) is 0 Å². The maximum absolute atomic E-state index is 13.2. The molecule has 170 valence electrons. The lowest BCUT2D eigenvalue weighted by Gasteiger charge is -2.23. The molecule has 34 heavy (non-hydrogen) atoms. The summed E-state index contributed by atoms with van der Waals surface area (Å²) in [5, 5.41) is 21.0. The van der Waals surface area contributed by atoms with Crippen LogP contribution < -0.4 is 9.64 Å². The van der Waals surface area contributed by atoms with Gasteiger partial charge in [0.2, 0.25) is 5.95 Å². The Kier molecular flexibility index (Phi) is 5.25. The third-order valence-electron chi connectivity index (χ3n) is 5.68. The van der Waals surface area contributed by atoms with Crippen molar-refractivity contribution in [3.8, 4) is 11.5 Å². The minimum absolute atomic E-state index is 0.0360. The molecule has 1 aliphatic rings. The Morgan fingerprint density at radius 1 is 1.06 bits per heavy atom. The Labute approximate surface area is 194 Å². The van der Waals surface area contributed by atoms with Gasteiger partial charge in [-0.15, -0.1) is 0 Å². The Morgan fingerprint density at radius 3 is 2.56 bits per heavy atom. The minimum Gasteiger partial charge on any atom is -0.508 e. The molecule has 2 heterocycles. The molecule has 1 amide bonds. The van der Waals surface area contributed by atoms with E-state index in [1.165, 1.54) is 17.0 Å². The number of aliphatic hydroxyl groups excluding tert-OH is 1. The summed E-state index contributed by atoms with van der Waals surface area (Å²) in [5.74, 6) is -1.23. The van der Waals surface area contributed by atoms with Gasteiger partial charge in [0.25, 0.3) is 5.78 Å². The molecule has 4 aromatic rings. The van der Waals surface area contributed by atoms with Gasteiger partial charge in [-0.1, -0.05) is 36.4 Å². The molecular formula is C26H21N3O5. The number of amides is 1. The number of nitrogens with one attached hydrogen (secondary N) is 1. The Balaban J connectivity index is 1.71. The molecule has 1 atom stereocenters. The van der Waals surface area contributed by atoms with E-state index in [2.05, 4.69) is 9.97 Å². The van der Waals surface area contributed by atoms with Crippen molar-refractivity contribution in [1.29, 1.82) is 0 Å². The van der Waals surface area contributed by atoms with Crippen LogP contribution in [0.15, 0.2) is 78.4 Å². The Morgan fingerprint density at radius 2 is 1.82 bits per heavy atom. The van der Waals surface area contributed by atoms with Crippen LogP contribution in [-0.4, -0.2) is 38.5 Å². The fraction of sp³-hybridized carbons (Fsp3) is 0.115. The van der Waals surface area contributed by atoms with Gasteiger partial charge in [-0.25, -0.2) is 4.98 Å². The highest BCUT2D eigenvalue weighted by Crippen LogP contribution is 2.42. The van der Waals surface area contributed by atoms with E-state index in [9.17, 15) is 19.8 Å². The van der Waals surface area contributed by atoms with Crippen LogP contribution in [0.3, 0.4) is 0 Å². The molecule has 3 aromatic carbocycles. The zero-order valence-corrected chi connectivity index (χ0v) is 18.2. The molecule has 3 N–H and O–H groups in total. The number of carbonyl (C=O) groups excluding carboxylic acids is 2. The number of phenols is 1. The van der Waals surface area contributed by atoms with Crippen molar-refractivity contribution in [1.82, 2.24) is 9.97 Å². The topological polar surface area (TPSA) is 116 Å². The smallest absolute Gasteiger partial charge is 0.302 e. The second kappa shape index (κ2) is 8.40. The number of nitrogens with zero attached hydrogens (tertiary/aromatic N) is 2. The third-order valence-corrected chi connectivity index (χ3v) is 5.68. The van der Waals surface area contributed by atoms with E-state index in [4.69, 9.17) is 4.74 Å². The molecule has 0 radical (unpaired) electrons. The molecule has 1 fully saturated rings. The van der Waals surface area contributed by atoms with E-state index in [-0.39, 0.29) is 23.0 Å². The van der Waals surface area contributed by atoms with Crippen LogP contribution in [0.2, 0.25) is 0 Å². The van der Waals surface area contributed by atoms with E-state index < -0.39 is 17.7 Å². The maximum atomic E-state index is 13.2. The summed E-state index contributed by atoms with van der Waals surface area (Å²) in [6.07, 6.45) is 0. The van der Waals surface area contributed by atoms with Gasteiger partial charge in [-0.2, -0.15) is 0 Å². The number of anilines is 1. The molecule has 1 saturated heterocycles. The summed E-state index contributed by atoms with van der Waals surface area (Å²) in [6.45, 7) is 2.28. The van der Waals surface area contributed by atoms with Crippen LogP contribution in [0.5, 0.6) is 11.5 Å². The SMILES string of the molecule is CCOc1cccc(/C(O)=C2\C(=O)C(=O)N(c3nc4ccccc4[nH]3)C2c2ccc(O)cc2)c1. The fourth-order valence-electron chi connectivity index (χ4n) is 4.13. The number of aromatic hydroxyl groups is 1. The number of Topliss-reactive ketones (excluding diaryl/α,β-unsaturated/α-hetero) is 1. The Hall–Kier alpha value is -4.59. The molecule has 1 aromatic heterocycles. The number of para-hydroxylation sites is 2. The predicted octanol–water partition coefficient (Wildman–Crippen LogP) is 4.29. The number of hydrogen-bond donors (Lipinski definition) is 3. The lowest BCUT2D eigenvalue weighted by Crippen LogP contribution is -2.30. The van der Waals surface area contributed by atoms with Crippen LogP contribution >= 0.6 is 0 Å². The number of ketones is 1. The van der Waals surface area contributed by atoms with E-state index in [1.807, 2.05) is 25.1 Å². The molecular weight excluding hydrogens is 434 g/mol. The number of carbonyl (C=O) groups is 2. The van der Waals surface area contributed by atoms with Crippen LogP contribution in [0.1, 0.15) is 24.1 Å². The maximum Gasteiger partial charge on any atom is 0.302 e. The highest BCUT2D eigenvalue weighted by atomic mass is 16.5. The van der Waals surface area contributed by atoms with E-state index in [0.717, 1.165) is 0 Å². The van der Waals surface area contributed by atoms with Gasteiger partial charge in [0.05, 0.1) is 29.3 Å². The van der Waals surface area contributed by atoms with Gasteiger partial charge in [0.15, 0.2) is 0 Å². The summed E-state index contributed by atoms with van der Waals surface area (Å²) in [7, 11) is 0. The second-order valence-corrected chi connectivity index (χ2v) is 7.80. The monoisotopic (exact) mass is 455 g/mol. The third kappa shape index (κ3) is 3.55. The first-order chi connectivity index (χ1) is 16.5. The number of hydrogen-bond acceptors (Lipinski definition) is 6. The van der Waals surface area contributed by atoms with Gasteiger partial charge in [0, 0.05) is 5.56 Å². The average Bonchev–Trinajstić information content (AvgIpc) is 3.38. The molecule has 5 rings (SSSR count). The quantitative estimate of drug-likeness (QED) is 0.235. The largest absolute Gasteiger partial charge is 0.508 e. The van der Waals surface area contributed by atoms with Crippen molar-refractivity contribution < 1.29 is 24.5 Å². The van der Waals surface area contributed by atoms with Gasteiger partial charge in [0.1, 0.15) is 17.3 Å². The zero-order valence-electron chi connectivity index (χ0n) is 18.2. The summed E-state index contributed by atoms with van der Waals surface area (Å²) in [5.41, 5.74) is 2.13. The van der Waals surface area contributed by atoms with E-state index in [1.54, 1.807) is 42.5 Å². The van der Waals surface area contributed by atoms with Crippen LogP contribution in [0.25, 0.3) is 16.8 Å². The lowest BCUT2D eigenvalue weighted by molar-refractivity contribution is -0.132. The normalized spacial score (nSPS) is 17.4. The Bertz CT molecular complexity index is 1410. The van der Waals surface area contributed by atoms with Gasteiger partial charge in [-0.3, -0.25) is 14.5 Å². The number of aromatic amines is 1. The predicted molar refractivity (Wildman–Crippen MR) is 127 cm³/mol. The standard InChI is InChI=1S/C26H21N3O5/c1-2-34-18-7-5-6-16(14-18)23(31)21-22(15-10-12-17(30)13-11-15)29(25(33)24(21)32)26-27-19-8-3-4-9-20(19)28-26/h3-14,22,30-31H,2H2,1H3,(H,27,28)/b23-21+. The number of aliphatic hydroxyl groups is 1. The number of fused-ring (bicyclic) bond motifs is 1. The molecule has 0 saturated carbocycles. The van der Waals surface area contributed by atoms with Crippen molar-refractivity contribution in [2.75, 3.05) is 11.5 Å². The van der Waals surface area contributed by atoms with Crippen molar-refractivity contribution >= 4 is 34.4 Å². The summed E-state index contributed by atoms with van der Waals surface area (Å²) in [4.78, 5) is 35.3. The molecule has 8 nitrogen and oxygen atoms in total. The number of aromatic nitrogens is 2. The molecule has 1 aliphatic heterocycles. The number of imidazole rings is 1. The minimum atomic E-state index is -0.961. The van der Waals surface area contributed by atoms with Crippen molar-refractivity contribution in [3.05, 3.63) is 89.5 Å². The molecule has 0 bridgehead atoms. The summed E-state index contributed by atoms with van der Waals surface area (Å²) in [6, 6.07) is 19.1. The van der Waals surface area contributed by atoms with E-state index in [0.29, 0.717) is 34.5 Å². The van der Waals surface area contributed by atoms with Gasteiger partial charge in [-0.05, 0) is 48.9 Å². The second-order valence-electron chi connectivity index (χ2n) is 7.80. The first kappa shape index (κ1) is 21.3. The van der Waals surface area contributed by atoms with Gasteiger partial charge < -0.3 is 19.9 Å². The zero-order chi connectivity index (χ0) is 23.8. The highest BCUT2D eigenvalue weighted by Gasteiger charge is 2.48. The number of H-pyrrole nitrogens is 1.